The lowest BCUT2D eigenvalue weighted by molar-refractivity contribution is 0.0941. The van der Waals surface area contributed by atoms with Gasteiger partial charge in [0.05, 0.1) is 0 Å². The molecule has 3 N–H and O–H groups in total. The second-order valence-corrected chi connectivity index (χ2v) is 5.00. The third-order valence-electron chi connectivity index (χ3n) is 2.41. The van der Waals surface area contributed by atoms with Crippen molar-refractivity contribution in [2.24, 2.45) is 5.73 Å². The van der Waals surface area contributed by atoms with Crippen LogP contribution in [0.5, 0.6) is 0 Å². The highest BCUT2D eigenvalue weighted by atomic mass is 16.1. The zero-order chi connectivity index (χ0) is 13.9. The molecule has 6 heteroatoms. The van der Waals surface area contributed by atoms with Crippen LogP contribution in [0, 0.1) is 0 Å². The first-order valence-corrected chi connectivity index (χ1v) is 6.00. The zero-order valence-corrected chi connectivity index (χ0v) is 11.0. The van der Waals surface area contributed by atoms with Crippen molar-refractivity contribution in [3.05, 3.63) is 42.4 Å². The van der Waals surface area contributed by atoms with Crippen molar-refractivity contribution in [1.82, 2.24) is 20.1 Å². The van der Waals surface area contributed by atoms with Gasteiger partial charge < -0.3 is 11.1 Å². The molecule has 19 heavy (non-hydrogen) atoms. The number of aromatic nitrogens is 3. The summed E-state index contributed by atoms with van der Waals surface area (Å²) in [5.41, 5.74) is 5.72. The Bertz CT molecular complexity index is 557. The molecule has 1 amide bonds. The number of hydrogen-bond acceptors (Lipinski definition) is 4. The van der Waals surface area contributed by atoms with Crippen molar-refractivity contribution in [3.63, 3.8) is 0 Å². The number of nitrogens with zero attached hydrogens (tertiary/aromatic N) is 3. The summed E-state index contributed by atoms with van der Waals surface area (Å²) in [6.07, 6.45) is 3.43. The van der Waals surface area contributed by atoms with Crippen LogP contribution in [0.25, 0.3) is 5.82 Å². The number of pyridine rings is 1. The van der Waals surface area contributed by atoms with Crippen molar-refractivity contribution >= 4 is 5.91 Å². The van der Waals surface area contributed by atoms with E-state index in [1.54, 1.807) is 41.3 Å². The molecule has 0 radical (unpaired) electrons. The van der Waals surface area contributed by atoms with Gasteiger partial charge in [-0.3, -0.25) is 4.79 Å². The molecular formula is C13H17N5O. The van der Waals surface area contributed by atoms with E-state index in [4.69, 9.17) is 5.73 Å². The highest BCUT2D eigenvalue weighted by molar-refractivity contribution is 5.92. The van der Waals surface area contributed by atoms with Gasteiger partial charge in [-0.25, -0.2) is 9.67 Å². The lowest BCUT2D eigenvalue weighted by Crippen LogP contribution is -2.45. The summed E-state index contributed by atoms with van der Waals surface area (Å²) in [5, 5.41) is 6.83. The maximum absolute atomic E-state index is 12.0. The maximum atomic E-state index is 12.0. The van der Waals surface area contributed by atoms with Gasteiger partial charge >= 0.3 is 0 Å². The Labute approximate surface area is 111 Å². The Kier molecular flexibility index (Phi) is 3.62. The summed E-state index contributed by atoms with van der Waals surface area (Å²) in [6.45, 7) is 4.08. The van der Waals surface area contributed by atoms with Crippen LogP contribution in [0.1, 0.15) is 24.3 Å². The number of carbonyl (C=O) groups is 1. The van der Waals surface area contributed by atoms with Crippen LogP contribution in [0.4, 0.5) is 0 Å². The van der Waals surface area contributed by atoms with Crippen LogP contribution in [0.15, 0.2) is 36.7 Å². The third-order valence-corrected chi connectivity index (χ3v) is 2.41. The number of carbonyl (C=O) groups excluding carboxylic acids is 1. The lowest BCUT2D eigenvalue weighted by atomic mass is 10.1. The molecule has 0 saturated carbocycles. The standard InChI is InChI=1S/C13H17N5O/c1-13(2,14)9-15-12(19)10-5-3-6-11(17-10)18-8-4-7-16-18/h3-8H,9,14H2,1-2H3,(H,15,19). The van der Waals surface area contributed by atoms with E-state index >= 15 is 0 Å². The van der Waals surface area contributed by atoms with E-state index in [-0.39, 0.29) is 5.91 Å². The van der Waals surface area contributed by atoms with E-state index in [1.165, 1.54) is 0 Å². The van der Waals surface area contributed by atoms with Crippen molar-refractivity contribution in [2.75, 3.05) is 6.54 Å². The van der Waals surface area contributed by atoms with Crippen LogP contribution in [0.3, 0.4) is 0 Å². The van der Waals surface area contributed by atoms with Crippen LogP contribution >= 0.6 is 0 Å². The molecule has 2 heterocycles. The second kappa shape index (κ2) is 5.19. The van der Waals surface area contributed by atoms with Crippen LogP contribution < -0.4 is 11.1 Å². The molecule has 0 spiro atoms. The number of nitrogens with two attached hydrogens (primary N) is 1. The first-order valence-electron chi connectivity index (χ1n) is 6.00. The fourth-order valence-corrected chi connectivity index (χ4v) is 1.48. The molecule has 6 nitrogen and oxygen atoms in total. The topological polar surface area (TPSA) is 85.8 Å². The monoisotopic (exact) mass is 259 g/mol. The molecule has 2 rings (SSSR count). The molecule has 0 aliphatic heterocycles. The van der Waals surface area contributed by atoms with E-state index in [0.717, 1.165) is 0 Å². The highest BCUT2D eigenvalue weighted by Crippen LogP contribution is 2.04. The van der Waals surface area contributed by atoms with Crippen LogP contribution in [0.2, 0.25) is 0 Å². The van der Waals surface area contributed by atoms with Crippen LogP contribution in [-0.2, 0) is 0 Å². The molecule has 2 aromatic rings. The SMILES string of the molecule is CC(C)(N)CNC(=O)c1cccc(-n2cccn2)n1. The molecule has 0 aromatic carbocycles. The third kappa shape index (κ3) is 3.62. The Morgan fingerprint density at radius 1 is 1.42 bits per heavy atom. The minimum atomic E-state index is -0.449. The normalized spacial score (nSPS) is 11.3. The Hall–Kier alpha value is -2.21. The molecule has 0 bridgehead atoms. The highest BCUT2D eigenvalue weighted by Gasteiger charge is 2.14. The second-order valence-electron chi connectivity index (χ2n) is 5.00. The quantitative estimate of drug-likeness (QED) is 0.847. The van der Waals surface area contributed by atoms with E-state index < -0.39 is 5.54 Å². The molecule has 0 aliphatic rings. The predicted molar refractivity (Wildman–Crippen MR) is 72.0 cm³/mol. The van der Waals surface area contributed by atoms with Crippen LogP contribution in [-0.4, -0.2) is 32.8 Å². The van der Waals surface area contributed by atoms with Gasteiger partial charge in [0.15, 0.2) is 5.82 Å². The number of nitrogens with one attached hydrogen (secondary N) is 1. The van der Waals surface area contributed by atoms with Gasteiger partial charge in [0.25, 0.3) is 5.91 Å². The molecule has 0 saturated heterocycles. The Morgan fingerprint density at radius 3 is 2.84 bits per heavy atom. The van der Waals surface area contributed by atoms with Gasteiger partial charge in [-0.1, -0.05) is 6.07 Å². The summed E-state index contributed by atoms with van der Waals surface area (Å²) < 4.78 is 1.60. The summed E-state index contributed by atoms with van der Waals surface area (Å²) >= 11 is 0. The summed E-state index contributed by atoms with van der Waals surface area (Å²) in [4.78, 5) is 16.2. The van der Waals surface area contributed by atoms with Crippen molar-refractivity contribution in [1.29, 1.82) is 0 Å². The van der Waals surface area contributed by atoms with Crippen molar-refractivity contribution in [3.8, 4) is 5.82 Å². The van der Waals surface area contributed by atoms with Gasteiger partial charge in [-0.15, -0.1) is 0 Å². The van der Waals surface area contributed by atoms with E-state index in [0.29, 0.717) is 18.1 Å². The van der Waals surface area contributed by atoms with Gasteiger partial charge in [-0.05, 0) is 32.0 Å². The van der Waals surface area contributed by atoms with E-state index in [9.17, 15) is 4.79 Å². The lowest BCUT2D eigenvalue weighted by Gasteiger charge is -2.18. The average Bonchev–Trinajstić information content (AvgIpc) is 2.89. The number of rotatable bonds is 4. The molecule has 0 aliphatic carbocycles. The first-order chi connectivity index (χ1) is 8.96. The Balaban J connectivity index is 2.13. The predicted octanol–water partition coefficient (Wildman–Crippen LogP) is 0.734. The number of amides is 1. The van der Waals surface area contributed by atoms with E-state index in [1.807, 2.05) is 13.8 Å². The summed E-state index contributed by atoms with van der Waals surface area (Å²) in [5.74, 6) is 0.359. The maximum Gasteiger partial charge on any atom is 0.270 e. The molecule has 0 fully saturated rings. The van der Waals surface area contributed by atoms with Crippen molar-refractivity contribution < 1.29 is 4.79 Å². The van der Waals surface area contributed by atoms with Gasteiger partial charge in [0, 0.05) is 24.5 Å². The minimum Gasteiger partial charge on any atom is -0.349 e. The fourth-order valence-electron chi connectivity index (χ4n) is 1.48. The van der Waals surface area contributed by atoms with Crippen molar-refractivity contribution in [2.45, 2.75) is 19.4 Å². The minimum absolute atomic E-state index is 0.243. The van der Waals surface area contributed by atoms with Gasteiger partial charge in [0.1, 0.15) is 5.69 Å². The fraction of sp³-hybridized carbons (Fsp3) is 0.308. The van der Waals surface area contributed by atoms with Gasteiger partial charge in [-0.2, -0.15) is 5.10 Å². The number of hydrogen-bond donors (Lipinski definition) is 2. The van der Waals surface area contributed by atoms with E-state index in [2.05, 4.69) is 15.4 Å². The summed E-state index contributed by atoms with van der Waals surface area (Å²) in [7, 11) is 0. The zero-order valence-electron chi connectivity index (χ0n) is 11.0. The average molecular weight is 259 g/mol. The molecule has 0 atom stereocenters. The Morgan fingerprint density at radius 2 is 2.21 bits per heavy atom. The molecule has 0 unspecified atom stereocenters. The molecular weight excluding hydrogens is 242 g/mol. The first kappa shape index (κ1) is 13.2. The van der Waals surface area contributed by atoms with Gasteiger partial charge in [0.2, 0.25) is 0 Å². The smallest absolute Gasteiger partial charge is 0.270 e. The molecule has 100 valence electrons. The molecule has 2 aromatic heterocycles. The largest absolute Gasteiger partial charge is 0.349 e. The summed E-state index contributed by atoms with van der Waals surface area (Å²) in [6, 6.07) is 7.01.